The van der Waals surface area contributed by atoms with Crippen LogP contribution >= 0.6 is 15.9 Å². The van der Waals surface area contributed by atoms with Gasteiger partial charge in [-0.2, -0.15) is 13.2 Å². The zero-order valence-electron chi connectivity index (χ0n) is 11.2. The molecule has 3 nitrogen and oxygen atoms in total. The van der Waals surface area contributed by atoms with E-state index in [0.717, 1.165) is 10.9 Å². The molecule has 0 amide bonds. The number of hydrogen-bond acceptors (Lipinski definition) is 2. The van der Waals surface area contributed by atoms with E-state index in [2.05, 4.69) is 25.9 Å². The maximum Gasteiger partial charge on any atom is 0.392 e. The number of H-pyrrole nitrogens is 1. The Labute approximate surface area is 128 Å². The van der Waals surface area contributed by atoms with Crippen molar-refractivity contribution in [1.82, 2.24) is 9.97 Å². The predicted octanol–water partition coefficient (Wildman–Crippen LogP) is 4.74. The molecule has 114 valence electrons. The Balaban J connectivity index is 2.04. The molecule has 1 aromatic heterocycles. The van der Waals surface area contributed by atoms with E-state index < -0.39 is 18.0 Å². The minimum Gasteiger partial charge on any atom is -0.397 e. The van der Waals surface area contributed by atoms with Crippen molar-refractivity contribution in [3.05, 3.63) is 22.4 Å². The lowest BCUT2D eigenvalue weighted by Gasteiger charge is -2.31. The highest BCUT2D eigenvalue weighted by Gasteiger charge is 2.46. The number of rotatable bonds is 1. The quantitative estimate of drug-likeness (QED) is 0.720. The smallest absolute Gasteiger partial charge is 0.392 e. The lowest BCUT2D eigenvalue weighted by atomic mass is 9.78. The van der Waals surface area contributed by atoms with Crippen molar-refractivity contribution in [2.24, 2.45) is 5.92 Å². The number of nitrogen functional groups attached to an aromatic ring is 1. The lowest BCUT2D eigenvalue weighted by molar-refractivity contribution is -0.187. The fourth-order valence-electron chi connectivity index (χ4n) is 3.15. The van der Waals surface area contributed by atoms with Crippen LogP contribution in [0.1, 0.15) is 37.4 Å². The van der Waals surface area contributed by atoms with Crippen LogP contribution in [0, 0.1) is 5.92 Å². The van der Waals surface area contributed by atoms with Gasteiger partial charge in [-0.25, -0.2) is 4.98 Å². The van der Waals surface area contributed by atoms with Gasteiger partial charge in [0, 0.05) is 10.4 Å². The van der Waals surface area contributed by atoms with Gasteiger partial charge in [-0.1, -0.05) is 28.8 Å². The van der Waals surface area contributed by atoms with Gasteiger partial charge in [-0.3, -0.25) is 0 Å². The van der Waals surface area contributed by atoms with Crippen molar-refractivity contribution in [2.75, 3.05) is 5.73 Å². The predicted molar refractivity (Wildman–Crippen MR) is 79.0 cm³/mol. The Morgan fingerprint density at radius 1 is 1.24 bits per heavy atom. The Hall–Kier alpha value is -1.24. The fraction of sp³-hybridized carbons (Fsp3) is 0.500. The van der Waals surface area contributed by atoms with Gasteiger partial charge in [0.2, 0.25) is 0 Å². The molecule has 0 saturated heterocycles. The van der Waals surface area contributed by atoms with Crippen molar-refractivity contribution in [3.63, 3.8) is 0 Å². The Morgan fingerprint density at radius 3 is 2.67 bits per heavy atom. The van der Waals surface area contributed by atoms with Gasteiger partial charge in [0.25, 0.3) is 0 Å². The number of nitrogens with one attached hydrogen (secondary N) is 1. The molecule has 1 heterocycles. The molecule has 2 unspecified atom stereocenters. The number of benzene rings is 1. The summed E-state index contributed by atoms with van der Waals surface area (Å²) in [6.07, 6.45) is -2.09. The highest BCUT2D eigenvalue weighted by Crippen LogP contribution is 2.46. The summed E-state index contributed by atoms with van der Waals surface area (Å²) in [5.74, 6) is -1.53. The van der Waals surface area contributed by atoms with E-state index in [9.17, 15) is 13.2 Å². The number of alkyl halides is 3. The average Bonchev–Trinajstić information content (AvgIpc) is 2.81. The molecule has 1 aromatic carbocycles. The summed E-state index contributed by atoms with van der Waals surface area (Å²) >= 11 is 3.32. The second kappa shape index (κ2) is 5.19. The van der Waals surface area contributed by atoms with Gasteiger partial charge in [-0.05, 0) is 25.0 Å². The van der Waals surface area contributed by atoms with Crippen molar-refractivity contribution in [3.8, 4) is 0 Å². The van der Waals surface area contributed by atoms with E-state index in [0.29, 0.717) is 35.4 Å². The van der Waals surface area contributed by atoms with Crippen molar-refractivity contribution in [1.29, 1.82) is 0 Å². The fourth-order valence-corrected chi connectivity index (χ4v) is 3.63. The summed E-state index contributed by atoms with van der Waals surface area (Å²) in [5.41, 5.74) is 7.56. The molecule has 21 heavy (non-hydrogen) atoms. The molecule has 2 aromatic rings. The first-order valence-corrected chi connectivity index (χ1v) is 7.67. The maximum absolute atomic E-state index is 13.2. The van der Waals surface area contributed by atoms with E-state index in [1.54, 1.807) is 12.1 Å². The van der Waals surface area contributed by atoms with Crippen molar-refractivity contribution in [2.45, 2.75) is 37.8 Å². The topological polar surface area (TPSA) is 54.7 Å². The van der Waals surface area contributed by atoms with E-state index in [1.807, 2.05) is 0 Å². The van der Waals surface area contributed by atoms with Crippen LogP contribution in [0.2, 0.25) is 0 Å². The lowest BCUT2D eigenvalue weighted by Crippen LogP contribution is -2.32. The maximum atomic E-state index is 13.2. The van der Waals surface area contributed by atoms with Crippen molar-refractivity contribution < 1.29 is 13.2 Å². The average molecular weight is 362 g/mol. The van der Waals surface area contributed by atoms with Crippen molar-refractivity contribution >= 4 is 32.7 Å². The number of fused-ring (bicyclic) bond motifs is 1. The first kappa shape index (κ1) is 14.7. The summed E-state index contributed by atoms with van der Waals surface area (Å²) in [6, 6.07) is 3.49. The molecule has 1 aliphatic rings. The number of nitrogens with two attached hydrogens (primary N) is 1. The third kappa shape index (κ3) is 2.75. The van der Waals surface area contributed by atoms with Crippen LogP contribution in [0.15, 0.2) is 16.6 Å². The van der Waals surface area contributed by atoms with Gasteiger partial charge in [0.1, 0.15) is 11.3 Å². The second-order valence-corrected chi connectivity index (χ2v) is 6.47. The second-order valence-electron chi connectivity index (χ2n) is 5.55. The molecule has 1 aliphatic carbocycles. The Kier molecular flexibility index (Phi) is 3.63. The molecule has 7 heteroatoms. The first-order valence-electron chi connectivity index (χ1n) is 6.87. The summed E-state index contributed by atoms with van der Waals surface area (Å²) < 4.78 is 40.4. The molecule has 3 rings (SSSR count). The zero-order chi connectivity index (χ0) is 15.2. The highest BCUT2D eigenvalue weighted by atomic mass is 79.9. The van der Waals surface area contributed by atoms with Gasteiger partial charge in [0.15, 0.2) is 0 Å². The molecule has 3 N–H and O–H groups in total. The van der Waals surface area contributed by atoms with E-state index in [1.165, 1.54) is 0 Å². The van der Waals surface area contributed by atoms with E-state index in [-0.39, 0.29) is 6.42 Å². The van der Waals surface area contributed by atoms with E-state index in [4.69, 9.17) is 5.73 Å². The van der Waals surface area contributed by atoms with Crippen LogP contribution in [0.3, 0.4) is 0 Å². The summed E-state index contributed by atoms with van der Waals surface area (Å²) in [4.78, 5) is 7.37. The third-order valence-corrected chi connectivity index (χ3v) is 4.59. The Morgan fingerprint density at radius 2 is 1.95 bits per heavy atom. The van der Waals surface area contributed by atoms with Crippen LogP contribution in [0.4, 0.5) is 18.9 Å². The largest absolute Gasteiger partial charge is 0.397 e. The molecule has 1 saturated carbocycles. The number of hydrogen-bond donors (Lipinski definition) is 2. The van der Waals surface area contributed by atoms with Crippen LogP contribution in [-0.2, 0) is 0 Å². The Bertz CT molecular complexity index is 665. The number of nitrogens with zero attached hydrogens (tertiary/aromatic N) is 1. The molecule has 0 aliphatic heterocycles. The monoisotopic (exact) mass is 361 g/mol. The molecule has 0 radical (unpaired) electrons. The minimum atomic E-state index is -4.18. The first-order chi connectivity index (χ1) is 9.86. The standard InChI is InChI=1S/C14H15BrF3N3/c15-7-5-10(19)12-11(6-7)20-13(21-12)8-3-1-2-4-9(8)14(16,17)18/h5-6,8-9H,1-4,19H2,(H,20,21). The summed E-state index contributed by atoms with van der Waals surface area (Å²) in [5, 5.41) is 0. The molecule has 0 spiro atoms. The van der Waals surface area contributed by atoms with Crippen LogP contribution in [0.25, 0.3) is 11.0 Å². The number of aromatic nitrogens is 2. The van der Waals surface area contributed by atoms with Gasteiger partial charge < -0.3 is 10.7 Å². The van der Waals surface area contributed by atoms with Crippen LogP contribution < -0.4 is 5.73 Å². The molecular formula is C14H15BrF3N3. The molecule has 0 bridgehead atoms. The van der Waals surface area contributed by atoms with E-state index >= 15 is 0 Å². The third-order valence-electron chi connectivity index (χ3n) is 4.14. The number of halogens is 4. The molecular weight excluding hydrogens is 347 g/mol. The van der Waals surface area contributed by atoms with Gasteiger partial charge in [-0.15, -0.1) is 0 Å². The highest BCUT2D eigenvalue weighted by molar-refractivity contribution is 9.10. The van der Waals surface area contributed by atoms with Gasteiger partial charge in [0.05, 0.1) is 17.1 Å². The number of imidazole rings is 1. The molecule has 2 atom stereocenters. The molecule has 1 fully saturated rings. The summed E-state index contributed by atoms with van der Waals surface area (Å²) in [6.45, 7) is 0. The minimum absolute atomic E-state index is 0.171. The van der Waals surface area contributed by atoms with Crippen LogP contribution in [-0.4, -0.2) is 16.1 Å². The zero-order valence-corrected chi connectivity index (χ0v) is 12.8. The van der Waals surface area contributed by atoms with Crippen LogP contribution in [0.5, 0.6) is 0 Å². The SMILES string of the molecule is Nc1cc(Br)cc2[nH]c(C3CCCCC3C(F)(F)F)nc12. The normalized spacial score (nSPS) is 23.6. The number of aromatic amines is 1. The summed E-state index contributed by atoms with van der Waals surface area (Å²) in [7, 11) is 0. The van der Waals surface area contributed by atoms with Gasteiger partial charge >= 0.3 is 6.18 Å². The number of anilines is 1.